The molecule has 1 saturated carbocycles. The quantitative estimate of drug-likeness (QED) is 0.587. The first-order valence-electron chi connectivity index (χ1n) is 5.63. The Labute approximate surface area is 99.5 Å². The van der Waals surface area contributed by atoms with Gasteiger partial charge >= 0.3 is 15.6 Å². The zero-order valence-electron chi connectivity index (χ0n) is 9.83. The molecule has 1 aliphatic carbocycles. The van der Waals surface area contributed by atoms with E-state index >= 15 is 0 Å². The van der Waals surface area contributed by atoms with Gasteiger partial charge in [0.2, 0.25) is 0 Å². The first-order chi connectivity index (χ1) is 7.63. The molecule has 0 unspecified atom stereocenters. The van der Waals surface area contributed by atoms with Crippen molar-refractivity contribution in [3.05, 3.63) is 0 Å². The molecule has 0 amide bonds. The van der Waals surface area contributed by atoms with Crippen molar-refractivity contribution in [2.75, 3.05) is 0 Å². The highest BCUT2D eigenvalue weighted by Crippen LogP contribution is 2.34. The monoisotopic (exact) mass is 274 g/mol. The molecular weight excluding hydrogens is 257 g/mol. The molecule has 0 heterocycles. The van der Waals surface area contributed by atoms with Gasteiger partial charge in [0.1, 0.15) is 0 Å². The molecule has 0 saturated heterocycles. The lowest BCUT2D eigenvalue weighted by molar-refractivity contribution is -0.0591. The first-order valence-corrected chi connectivity index (χ1v) is 7.04. The normalized spacial score (nSPS) is 27.4. The van der Waals surface area contributed by atoms with Gasteiger partial charge in [-0.3, -0.25) is 4.18 Å². The fraction of sp³-hybridized carbons (Fsp3) is 1.00. The van der Waals surface area contributed by atoms with Crippen molar-refractivity contribution in [2.45, 2.75) is 51.1 Å². The molecule has 0 aromatic rings. The smallest absolute Gasteiger partial charge is 0.260 e. The highest BCUT2D eigenvalue weighted by molar-refractivity contribution is 7.87. The SMILES string of the molecule is CC(C)C1CCC(OS(=O)(=O)C(F)(F)F)CC1. The third-order valence-electron chi connectivity index (χ3n) is 3.21. The molecule has 0 aliphatic heterocycles. The van der Waals surface area contributed by atoms with Gasteiger partial charge in [-0.15, -0.1) is 0 Å². The summed E-state index contributed by atoms with van der Waals surface area (Å²) in [6.45, 7) is 4.11. The number of halogens is 3. The van der Waals surface area contributed by atoms with Gasteiger partial charge in [-0.25, -0.2) is 0 Å². The van der Waals surface area contributed by atoms with Gasteiger partial charge in [0.25, 0.3) is 0 Å². The molecule has 0 radical (unpaired) electrons. The van der Waals surface area contributed by atoms with Crippen LogP contribution in [0, 0.1) is 11.8 Å². The second-order valence-electron chi connectivity index (χ2n) is 4.78. The Balaban J connectivity index is 2.52. The number of hydrogen-bond donors (Lipinski definition) is 0. The molecule has 3 nitrogen and oxygen atoms in total. The molecule has 0 aromatic heterocycles. The van der Waals surface area contributed by atoms with Gasteiger partial charge in [0.05, 0.1) is 6.10 Å². The van der Waals surface area contributed by atoms with E-state index in [1.165, 1.54) is 0 Å². The maximum absolute atomic E-state index is 12.1. The van der Waals surface area contributed by atoms with E-state index in [1.807, 2.05) is 0 Å². The zero-order valence-corrected chi connectivity index (χ0v) is 10.6. The Morgan fingerprint density at radius 1 is 1.12 bits per heavy atom. The predicted octanol–water partition coefficient (Wildman–Crippen LogP) is 3.07. The summed E-state index contributed by atoms with van der Waals surface area (Å²) in [6, 6.07) is 0. The third kappa shape index (κ3) is 3.84. The summed E-state index contributed by atoms with van der Waals surface area (Å²) in [7, 11) is -5.44. The Morgan fingerprint density at radius 3 is 1.94 bits per heavy atom. The Kier molecular flexibility index (Phi) is 4.46. The van der Waals surface area contributed by atoms with Crippen molar-refractivity contribution in [3.63, 3.8) is 0 Å². The highest BCUT2D eigenvalue weighted by atomic mass is 32.2. The molecule has 1 fully saturated rings. The van der Waals surface area contributed by atoms with Crippen molar-refractivity contribution in [3.8, 4) is 0 Å². The number of hydrogen-bond acceptors (Lipinski definition) is 3. The molecule has 0 N–H and O–H groups in total. The summed E-state index contributed by atoms with van der Waals surface area (Å²) in [5.41, 5.74) is -5.32. The molecule has 0 atom stereocenters. The lowest BCUT2D eigenvalue weighted by Gasteiger charge is -2.30. The van der Waals surface area contributed by atoms with Crippen LogP contribution in [0.25, 0.3) is 0 Å². The standard InChI is InChI=1S/C10H17F3O3S/c1-7(2)8-3-5-9(6-4-8)16-17(14,15)10(11,12)13/h7-9H,3-6H2,1-2H3. The minimum Gasteiger partial charge on any atom is -0.260 e. The summed E-state index contributed by atoms with van der Waals surface area (Å²) in [4.78, 5) is 0. The van der Waals surface area contributed by atoms with Crippen LogP contribution < -0.4 is 0 Å². The predicted molar refractivity (Wildman–Crippen MR) is 56.6 cm³/mol. The average molecular weight is 274 g/mol. The summed E-state index contributed by atoms with van der Waals surface area (Å²) >= 11 is 0. The van der Waals surface area contributed by atoms with Crippen molar-refractivity contribution in [1.82, 2.24) is 0 Å². The van der Waals surface area contributed by atoms with Crippen LogP contribution in [-0.4, -0.2) is 20.0 Å². The third-order valence-corrected chi connectivity index (χ3v) is 4.30. The maximum atomic E-state index is 12.1. The fourth-order valence-corrected chi connectivity index (χ4v) is 2.75. The summed E-state index contributed by atoms with van der Waals surface area (Å²) in [6.07, 6.45) is 1.36. The Bertz CT molecular complexity index is 340. The molecule has 0 bridgehead atoms. The van der Waals surface area contributed by atoms with Gasteiger partial charge in [-0.2, -0.15) is 21.6 Å². The molecular formula is C10H17F3O3S. The van der Waals surface area contributed by atoms with E-state index in [4.69, 9.17) is 0 Å². The second kappa shape index (κ2) is 5.14. The highest BCUT2D eigenvalue weighted by Gasteiger charge is 2.48. The van der Waals surface area contributed by atoms with Crippen molar-refractivity contribution < 1.29 is 25.8 Å². The van der Waals surface area contributed by atoms with Crippen LogP contribution >= 0.6 is 0 Å². The molecule has 1 aliphatic rings. The van der Waals surface area contributed by atoms with Crippen molar-refractivity contribution in [1.29, 1.82) is 0 Å². The van der Waals surface area contributed by atoms with Gasteiger partial charge in [0, 0.05) is 0 Å². The molecule has 102 valence electrons. The Hall–Kier alpha value is -0.300. The van der Waals surface area contributed by atoms with Crippen LogP contribution in [-0.2, 0) is 14.3 Å². The fourth-order valence-electron chi connectivity index (χ4n) is 2.09. The van der Waals surface area contributed by atoms with E-state index in [1.54, 1.807) is 0 Å². The average Bonchev–Trinajstić information content (AvgIpc) is 2.16. The second-order valence-corrected chi connectivity index (χ2v) is 6.34. The van der Waals surface area contributed by atoms with E-state index in [0.29, 0.717) is 24.7 Å². The molecule has 7 heteroatoms. The van der Waals surface area contributed by atoms with E-state index in [0.717, 1.165) is 12.8 Å². The van der Waals surface area contributed by atoms with Crippen LogP contribution in [0.4, 0.5) is 13.2 Å². The summed E-state index contributed by atoms with van der Waals surface area (Å²) in [5, 5.41) is 0. The topological polar surface area (TPSA) is 43.4 Å². The minimum absolute atomic E-state index is 0.373. The van der Waals surface area contributed by atoms with E-state index in [9.17, 15) is 21.6 Å². The lowest BCUT2D eigenvalue weighted by atomic mass is 9.81. The minimum atomic E-state index is -5.44. The molecule has 1 rings (SSSR count). The van der Waals surface area contributed by atoms with Gasteiger partial charge in [0.15, 0.2) is 0 Å². The molecule has 0 spiro atoms. The zero-order chi connectivity index (χ0) is 13.3. The largest absolute Gasteiger partial charge is 0.523 e. The number of alkyl halides is 3. The van der Waals surface area contributed by atoms with Crippen molar-refractivity contribution in [2.24, 2.45) is 11.8 Å². The van der Waals surface area contributed by atoms with Crippen LogP contribution in [0.1, 0.15) is 39.5 Å². The summed E-state index contributed by atoms with van der Waals surface area (Å²) < 4.78 is 62.0. The van der Waals surface area contributed by atoms with Crippen molar-refractivity contribution >= 4 is 10.1 Å². The van der Waals surface area contributed by atoms with Gasteiger partial charge in [-0.1, -0.05) is 13.8 Å². The van der Waals surface area contributed by atoms with Crippen LogP contribution in [0.3, 0.4) is 0 Å². The Morgan fingerprint density at radius 2 is 1.59 bits per heavy atom. The van der Waals surface area contributed by atoms with Crippen LogP contribution in [0.2, 0.25) is 0 Å². The van der Waals surface area contributed by atoms with Gasteiger partial charge < -0.3 is 0 Å². The van der Waals surface area contributed by atoms with E-state index in [-0.39, 0.29) is 0 Å². The molecule has 0 aromatic carbocycles. The molecule has 17 heavy (non-hydrogen) atoms. The summed E-state index contributed by atoms with van der Waals surface area (Å²) in [5.74, 6) is 0.915. The maximum Gasteiger partial charge on any atom is 0.523 e. The van der Waals surface area contributed by atoms with Gasteiger partial charge in [-0.05, 0) is 37.5 Å². The van der Waals surface area contributed by atoms with E-state index < -0.39 is 21.7 Å². The lowest BCUT2D eigenvalue weighted by Crippen LogP contribution is -2.32. The number of rotatable bonds is 3. The van der Waals surface area contributed by atoms with Crippen LogP contribution in [0.15, 0.2) is 0 Å². The van der Waals surface area contributed by atoms with Crippen LogP contribution in [0.5, 0.6) is 0 Å². The first kappa shape index (κ1) is 14.8. The van der Waals surface area contributed by atoms with E-state index in [2.05, 4.69) is 18.0 Å².